The lowest BCUT2D eigenvalue weighted by Crippen LogP contribution is -2.33. The monoisotopic (exact) mass is 377 g/mol. The first kappa shape index (κ1) is 14.7. The van der Waals surface area contributed by atoms with Gasteiger partial charge in [0.05, 0.1) is 11.5 Å². The SMILES string of the molecule is CN1c2cccc(n2)C(C)(O)CC/C(F)=C\CN1I. The molecule has 4 nitrogen and oxygen atoms in total. The van der Waals surface area contributed by atoms with Crippen molar-refractivity contribution in [1.82, 2.24) is 8.21 Å². The summed E-state index contributed by atoms with van der Waals surface area (Å²) in [6, 6.07) is 5.49. The van der Waals surface area contributed by atoms with E-state index in [1.165, 1.54) is 6.08 Å². The minimum Gasteiger partial charge on any atom is -0.384 e. The molecule has 1 aliphatic heterocycles. The van der Waals surface area contributed by atoms with Crippen molar-refractivity contribution in [2.45, 2.75) is 25.4 Å². The van der Waals surface area contributed by atoms with Gasteiger partial charge in [0.15, 0.2) is 0 Å². The second-order valence-electron chi connectivity index (χ2n) is 4.85. The topological polar surface area (TPSA) is 39.6 Å². The Morgan fingerprint density at radius 2 is 2.21 bits per heavy atom. The summed E-state index contributed by atoms with van der Waals surface area (Å²) in [5, 5.41) is 12.3. The summed E-state index contributed by atoms with van der Waals surface area (Å²) in [5.41, 5.74) is -0.556. The number of pyridine rings is 1. The van der Waals surface area contributed by atoms with Gasteiger partial charge in [0.1, 0.15) is 11.4 Å². The van der Waals surface area contributed by atoms with Gasteiger partial charge in [-0.1, -0.05) is 6.07 Å². The molecule has 0 saturated heterocycles. The Morgan fingerprint density at radius 3 is 2.95 bits per heavy atom. The highest BCUT2D eigenvalue weighted by molar-refractivity contribution is 14.1. The number of allylic oxidation sites excluding steroid dienone is 1. The van der Waals surface area contributed by atoms with E-state index in [1.54, 1.807) is 13.0 Å². The van der Waals surface area contributed by atoms with Gasteiger partial charge in [0, 0.05) is 42.9 Å². The molecule has 0 aliphatic carbocycles. The Morgan fingerprint density at radius 1 is 1.47 bits per heavy atom. The molecule has 2 heterocycles. The number of aromatic nitrogens is 1. The van der Waals surface area contributed by atoms with Crippen molar-refractivity contribution < 1.29 is 9.50 Å². The van der Waals surface area contributed by atoms with Crippen LogP contribution < -0.4 is 5.01 Å². The van der Waals surface area contributed by atoms with E-state index < -0.39 is 5.60 Å². The number of halogens is 2. The summed E-state index contributed by atoms with van der Waals surface area (Å²) in [4.78, 5) is 4.47. The van der Waals surface area contributed by atoms with Gasteiger partial charge in [-0.25, -0.2) is 9.37 Å². The Hall–Kier alpha value is -0.730. The Kier molecular flexibility index (Phi) is 4.42. The van der Waals surface area contributed by atoms with E-state index in [9.17, 15) is 9.50 Å². The highest BCUT2D eigenvalue weighted by atomic mass is 127. The smallest absolute Gasteiger partial charge is 0.143 e. The molecule has 0 radical (unpaired) electrons. The molecule has 1 aliphatic rings. The fourth-order valence-electron chi connectivity index (χ4n) is 1.90. The van der Waals surface area contributed by atoms with Crippen LogP contribution in [-0.2, 0) is 5.60 Å². The molecule has 0 amide bonds. The first-order valence-electron chi connectivity index (χ1n) is 6.11. The van der Waals surface area contributed by atoms with Gasteiger partial charge >= 0.3 is 0 Å². The maximum Gasteiger partial charge on any atom is 0.143 e. The zero-order valence-corrected chi connectivity index (χ0v) is 13.1. The lowest BCUT2D eigenvalue weighted by atomic mass is 9.95. The maximum absolute atomic E-state index is 13.7. The number of hydrogen-bond donors (Lipinski definition) is 1. The number of nitrogens with zero attached hydrogens (tertiary/aromatic N) is 3. The zero-order chi connectivity index (χ0) is 14.0. The van der Waals surface area contributed by atoms with E-state index in [2.05, 4.69) is 27.8 Å². The van der Waals surface area contributed by atoms with Crippen LogP contribution >= 0.6 is 22.9 Å². The van der Waals surface area contributed by atoms with Crippen LogP contribution in [-0.4, -0.2) is 26.9 Å². The van der Waals surface area contributed by atoms with Crippen LogP contribution in [0.5, 0.6) is 0 Å². The van der Waals surface area contributed by atoms with Crippen molar-refractivity contribution in [2.24, 2.45) is 0 Å². The fourth-order valence-corrected chi connectivity index (χ4v) is 2.32. The van der Waals surface area contributed by atoms with Crippen LogP contribution in [0.2, 0.25) is 0 Å². The average molecular weight is 377 g/mol. The van der Waals surface area contributed by atoms with Crippen LogP contribution in [0.15, 0.2) is 30.1 Å². The molecule has 104 valence electrons. The van der Waals surface area contributed by atoms with E-state index in [-0.39, 0.29) is 12.2 Å². The van der Waals surface area contributed by atoms with Crippen molar-refractivity contribution in [2.75, 3.05) is 18.6 Å². The van der Waals surface area contributed by atoms with Crippen LogP contribution in [0.1, 0.15) is 25.5 Å². The van der Waals surface area contributed by atoms with Gasteiger partial charge < -0.3 is 5.11 Å². The van der Waals surface area contributed by atoms with Crippen LogP contribution in [0.3, 0.4) is 0 Å². The lowest BCUT2D eigenvalue weighted by Gasteiger charge is -2.27. The van der Waals surface area contributed by atoms with Crippen LogP contribution in [0.4, 0.5) is 10.2 Å². The molecule has 2 bridgehead atoms. The zero-order valence-electron chi connectivity index (χ0n) is 11.0. The average Bonchev–Trinajstić information content (AvgIpc) is 2.41. The summed E-state index contributed by atoms with van der Waals surface area (Å²) < 4.78 is 15.5. The van der Waals surface area contributed by atoms with Gasteiger partial charge in [0.25, 0.3) is 0 Å². The molecule has 1 aromatic heterocycles. The minimum absolute atomic E-state index is 0.203. The van der Waals surface area contributed by atoms with Crippen molar-refractivity contribution >= 4 is 28.7 Å². The number of fused-ring (bicyclic) bond motifs is 2. The molecule has 2 rings (SSSR count). The third kappa shape index (κ3) is 3.43. The van der Waals surface area contributed by atoms with Gasteiger partial charge in [-0.2, -0.15) is 3.22 Å². The van der Waals surface area contributed by atoms with Crippen LogP contribution in [0, 0.1) is 0 Å². The maximum atomic E-state index is 13.7. The molecule has 1 N–H and O–H groups in total. The predicted octanol–water partition coefficient (Wildman–Crippen LogP) is 2.94. The van der Waals surface area contributed by atoms with Gasteiger partial charge in [0.2, 0.25) is 0 Å². The third-order valence-corrected chi connectivity index (χ3v) is 4.30. The van der Waals surface area contributed by atoms with Crippen LogP contribution in [0.25, 0.3) is 0 Å². The first-order valence-corrected chi connectivity index (χ1v) is 7.08. The van der Waals surface area contributed by atoms with E-state index in [1.807, 2.05) is 27.4 Å². The summed E-state index contributed by atoms with van der Waals surface area (Å²) >= 11 is 2.11. The molecule has 0 saturated carbocycles. The molecule has 1 aromatic rings. The van der Waals surface area contributed by atoms with Gasteiger partial charge in [-0.15, -0.1) is 0 Å². The molecule has 1 atom stereocenters. The molecule has 19 heavy (non-hydrogen) atoms. The summed E-state index contributed by atoms with van der Waals surface area (Å²) in [7, 11) is 1.86. The second-order valence-corrected chi connectivity index (χ2v) is 5.96. The largest absolute Gasteiger partial charge is 0.384 e. The molecule has 0 aromatic carbocycles. The molecule has 6 heteroatoms. The number of aliphatic hydroxyl groups is 1. The van der Waals surface area contributed by atoms with Crippen molar-refractivity contribution in [3.63, 3.8) is 0 Å². The molecule has 0 spiro atoms. The van der Waals surface area contributed by atoms with E-state index >= 15 is 0 Å². The number of hydrogen-bond acceptors (Lipinski definition) is 4. The third-order valence-electron chi connectivity index (χ3n) is 3.26. The Bertz CT molecular complexity index is 493. The summed E-state index contributed by atoms with van der Waals surface area (Å²) in [6.07, 6.45) is 2.07. The summed E-state index contributed by atoms with van der Waals surface area (Å²) in [6.45, 7) is 2.13. The highest BCUT2D eigenvalue weighted by Gasteiger charge is 2.26. The number of hydrazine groups is 1. The normalized spacial score (nSPS) is 28.5. The minimum atomic E-state index is -1.12. The predicted molar refractivity (Wildman–Crippen MR) is 81.4 cm³/mol. The molecular formula is C13H17FIN3O. The lowest BCUT2D eigenvalue weighted by molar-refractivity contribution is 0.0422. The number of anilines is 1. The van der Waals surface area contributed by atoms with Gasteiger partial charge in [-0.05, 0) is 31.6 Å². The van der Waals surface area contributed by atoms with Gasteiger partial charge in [-0.3, -0.25) is 5.01 Å². The Labute approximate surface area is 126 Å². The molecule has 1 unspecified atom stereocenters. The van der Waals surface area contributed by atoms with E-state index in [0.717, 1.165) is 5.82 Å². The summed E-state index contributed by atoms with van der Waals surface area (Å²) in [5.74, 6) is 0.522. The highest BCUT2D eigenvalue weighted by Crippen LogP contribution is 2.29. The first-order chi connectivity index (χ1) is 8.90. The standard InChI is InChI=1S/C13H17FIN3O/c1-13(19)8-6-10(14)7-9-18(15)17(2)12-5-3-4-11(13)16-12/h3-5,7,19H,6,8-9H2,1-2H3/b10-7+. The Balaban J connectivity index is 2.43. The van der Waals surface area contributed by atoms with Crippen molar-refractivity contribution in [3.05, 3.63) is 35.8 Å². The molecule has 0 fully saturated rings. The van der Waals surface area contributed by atoms with Crippen molar-refractivity contribution in [1.29, 1.82) is 0 Å². The van der Waals surface area contributed by atoms with E-state index in [4.69, 9.17) is 0 Å². The quantitative estimate of drug-likeness (QED) is 0.558. The number of rotatable bonds is 0. The van der Waals surface area contributed by atoms with Crippen molar-refractivity contribution in [3.8, 4) is 0 Å². The molecular weight excluding hydrogens is 360 g/mol. The second kappa shape index (κ2) is 5.72. The van der Waals surface area contributed by atoms with E-state index in [0.29, 0.717) is 18.7 Å². The fraction of sp³-hybridized carbons (Fsp3) is 0.462.